The molecule has 2 aliphatic rings. The zero-order chi connectivity index (χ0) is 29.9. The van der Waals surface area contributed by atoms with Crippen LogP contribution in [0.2, 0.25) is 25.7 Å². The van der Waals surface area contributed by atoms with Crippen LogP contribution in [0.4, 0.5) is 0 Å². The summed E-state index contributed by atoms with van der Waals surface area (Å²) in [6.45, 7) is 9.53. The van der Waals surface area contributed by atoms with Gasteiger partial charge in [0.1, 0.15) is 30.1 Å². The summed E-state index contributed by atoms with van der Waals surface area (Å²) in [7, 11) is 0.684. The van der Waals surface area contributed by atoms with E-state index in [1.54, 1.807) is 34.6 Å². The number of aryl methyl sites for hydroxylation is 1. The Bertz CT molecular complexity index is 1720. The quantitative estimate of drug-likeness (QED) is 0.118. The molecule has 0 saturated heterocycles. The first-order valence-electron chi connectivity index (χ1n) is 14.6. The first-order valence-corrected chi connectivity index (χ1v) is 19.1. The Morgan fingerprint density at radius 1 is 1.17 bits per heavy atom. The van der Waals surface area contributed by atoms with Gasteiger partial charge in [0.15, 0.2) is 0 Å². The summed E-state index contributed by atoms with van der Waals surface area (Å²) in [5.41, 5.74) is 2.54. The van der Waals surface area contributed by atoms with E-state index < -0.39 is 14.0 Å². The molecule has 4 aromatic rings. The zero-order valence-corrected chi connectivity index (χ0v) is 27.5. The highest BCUT2D eigenvalue weighted by molar-refractivity contribution is 9.10. The predicted octanol–water partition coefficient (Wildman–Crippen LogP) is 6.03. The highest BCUT2D eigenvalue weighted by Crippen LogP contribution is 2.70. The first kappa shape index (κ1) is 29.1. The lowest BCUT2D eigenvalue weighted by Gasteiger charge is -2.48. The fourth-order valence-electron chi connectivity index (χ4n) is 6.47. The standard InChI is InChI=1S/C31H38BrN5O4Si/c1-6-41-28(39)25-15-23-24(32)16-36(27(38)26(23)37(25)20-40-12-13-42(3,4)5)22-9-7-8-21(14-22)31(17-30(18-31)10-11-30)29-34-33-19-35(29)2/h7-9,14-16,19H,6,10-13,17-18,20H2,1-5H3. The molecule has 2 saturated carbocycles. The number of fused-ring (bicyclic) bond motifs is 1. The normalized spacial score (nSPS) is 17.0. The maximum absolute atomic E-state index is 14.2. The van der Waals surface area contributed by atoms with Crippen LogP contribution < -0.4 is 5.56 Å². The van der Waals surface area contributed by atoms with Crippen molar-refractivity contribution in [2.75, 3.05) is 13.2 Å². The van der Waals surface area contributed by atoms with Gasteiger partial charge in [0.2, 0.25) is 0 Å². The Morgan fingerprint density at radius 2 is 1.93 bits per heavy atom. The average Bonchev–Trinajstić information content (AvgIpc) is 3.43. The number of benzene rings is 1. The first-order chi connectivity index (χ1) is 20.0. The number of hydrogen-bond acceptors (Lipinski definition) is 6. The Morgan fingerprint density at radius 3 is 2.57 bits per heavy atom. The van der Waals surface area contributed by atoms with Crippen molar-refractivity contribution in [3.8, 4) is 5.69 Å². The Balaban J connectivity index is 1.44. The lowest BCUT2D eigenvalue weighted by Crippen LogP contribution is -2.45. The van der Waals surface area contributed by atoms with Gasteiger partial charge in [-0.05, 0) is 83.8 Å². The van der Waals surface area contributed by atoms with Crippen molar-refractivity contribution < 1.29 is 14.3 Å². The van der Waals surface area contributed by atoms with Crippen LogP contribution in [0.3, 0.4) is 0 Å². The van der Waals surface area contributed by atoms with Crippen LogP contribution in [0, 0.1) is 5.41 Å². The van der Waals surface area contributed by atoms with E-state index in [1.807, 2.05) is 23.7 Å². The van der Waals surface area contributed by atoms with E-state index in [0.29, 0.717) is 33.1 Å². The van der Waals surface area contributed by atoms with Gasteiger partial charge in [0.25, 0.3) is 5.56 Å². The fraction of sp³-hybridized carbons (Fsp3) is 0.484. The molecule has 0 N–H and O–H groups in total. The summed E-state index contributed by atoms with van der Waals surface area (Å²) < 4.78 is 17.4. The summed E-state index contributed by atoms with van der Waals surface area (Å²) in [5.74, 6) is 0.483. The van der Waals surface area contributed by atoms with Crippen LogP contribution in [0.25, 0.3) is 16.6 Å². The monoisotopic (exact) mass is 651 g/mol. The van der Waals surface area contributed by atoms with Crippen LogP contribution in [-0.2, 0) is 28.7 Å². The van der Waals surface area contributed by atoms with Gasteiger partial charge < -0.3 is 18.6 Å². The van der Waals surface area contributed by atoms with Gasteiger partial charge >= 0.3 is 5.97 Å². The third-order valence-corrected chi connectivity index (χ3v) is 11.2. The molecular formula is C31H38BrN5O4Si. The maximum atomic E-state index is 14.2. The van der Waals surface area contributed by atoms with Crippen LogP contribution >= 0.6 is 15.9 Å². The van der Waals surface area contributed by atoms with Gasteiger partial charge in [0.05, 0.1) is 12.0 Å². The Labute approximate surface area is 255 Å². The average molecular weight is 653 g/mol. The maximum Gasteiger partial charge on any atom is 0.355 e. The topological polar surface area (TPSA) is 93.2 Å². The predicted molar refractivity (Wildman–Crippen MR) is 168 cm³/mol. The highest BCUT2D eigenvalue weighted by atomic mass is 79.9. The number of nitrogens with zero attached hydrogens (tertiary/aromatic N) is 5. The van der Waals surface area contributed by atoms with Crippen LogP contribution in [0.5, 0.6) is 0 Å². The molecule has 3 heterocycles. The van der Waals surface area contributed by atoms with Crippen molar-refractivity contribution in [2.45, 2.75) is 70.4 Å². The molecule has 0 bridgehead atoms. The molecule has 3 aromatic heterocycles. The summed E-state index contributed by atoms with van der Waals surface area (Å²) in [4.78, 5) is 27.2. The van der Waals surface area contributed by atoms with Gasteiger partial charge in [-0.1, -0.05) is 31.8 Å². The van der Waals surface area contributed by atoms with E-state index in [0.717, 1.165) is 36.0 Å². The number of esters is 1. The molecule has 0 radical (unpaired) electrons. The number of carbonyl (C=O) groups excluding carboxylic acids is 1. The van der Waals surface area contributed by atoms with Gasteiger partial charge in [-0.2, -0.15) is 0 Å². The van der Waals surface area contributed by atoms with E-state index in [1.165, 1.54) is 12.8 Å². The molecule has 42 heavy (non-hydrogen) atoms. The van der Waals surface area contributed by atoms with Gasteiger partial charge in [-0.25, -0.2) is 4.79 Å². The molecule has 1 aromatic carbocycles. The molecule has 0 unspecified atom stereocenters. The van der Waals surface area contributed by atoms with Crippen molar-refractivity contribution >= 4 is 40.9 Å². The molecule has 0 atom stereocenters. The number of carbonyl (C=O) groups is 1. The lowest BCUT2D eigenvalue weighted by atomic mass is 9.56. The third-order valence-electron chi connectivity index (χ3n) is 8.85. The Kier molecular flexibility index (Phi) is 7.34. The number of aromatic nitrogens is 5. The second-order valence-corrected chi connectivity index (χ2v) is 19.7. The van der Waals surface area contributed by atoms with E-state index in [9.17, 15) is 9.59 Å². The van der Waals surface area contributed by atoms with Gasteiger partial charge in [-0.3, -0.25) is 9.36 Å². The molecule has 222 valence electrons. The van der Waals surface area contributed by atoms with E-state index in [-0.39, 0.29) is 24.3 Å². The minimum atomic E-state index is -1.31. The minimum absolute atomic E-state index is 0.0885. The minimum Gasteiger partial charge on any atom is -0.461 e. The van der Waals surface area contributed by atoms with Crippen molar-refractivity contribution in [2.24, 2.45) is 12.5 Å². The molecule has 11 heteroatoms. The molecule has 0 aliphatic heterocycles. The number of halogens is 1. The van der Waals surface area contributed by atoms with Crippen LogP contribution in [0.15, 0.2) is 52.1 Å². The Hall–Kier alpha value is -3.02. The molecule has 2 aliphatic carbocycles. The van der Waals surface area contributed by atoms with Crippen molar-refractivity contribution in [1.29, 1.82) is 0 Å². The van der Waals surface area contributed by atoms with Crippen LogP contribution in [0.1, 0.15) is 54.5 Å². The molecule has 6 rings (SSSR count). The summed E-state index contributed by atoms with van der Waals surface area (Å²) in [6, 6.07) is 10.9. The number of ether oxygens (including phenoxy) is 2. The van der Waals surface area contributed by atoms with E-state index in [2.05, 4.69) is 57.9 Å². The number of rotatable bonds is 10. The number of hydrogen-bond donors (Lipinski definition) is 0. The molecule has 9 nitrogen and oxygen atoms in total. The van der Waals surface area contributed by atoms with Crippen molar-refractivity contribution in [1.82, 2.24) is 23.9 Å². The van der Waals surface area contributed by atoms with Crippen LogP contribution in [-0.4, -0.2) is 51.2 Å². The summed E-state index contributed by atoms with van der Waals surface area (Å²) in [6.07, 6.45) is 8.13. The molecule has 2 fully saturated rings. The second kappa shape index (κ2) is 10.6. The molecule has 0 amide bonds. The second-order valence-electron chi connectivity index (χ2n) is 13.2. The van der Waals surface area contributed by atoms with E-state index >= 15 is 0 Å². The summed E-state index contributed by atoms with van der Waals surface area (Å²) in [5, 5.41) is 9.37. The third kappa shape index (κ3) is 5.09. The SMILES string of the molecule is CCOC(=O)c1cc2c(Br)cn(-c3cccc(C4(c5nncn5C)CC5(CC5)C4)c3)c(=O)c2n1COCC[Si](C)(C)C. The lowest BCUT2D eigenvalue weighted by molar-refractivity contribution is 0.0477. The van der Waals surface area contributed by atoms with Crippen molar-refractivity contribution in [3.63, 3.8) is 0 Å². The fourth-order valence-corrected chi connectivity index (χ4v) is 7.74. The number of pyridine rings is 1. The largest absolute Gasteiger partial charge is 0.461 e. The molecule has 1 spiro atoms. The summed E-state index contributed by atoms with van der Waals surface area (Å²) >= 11 is 3.69. The zero-order valence-electron chi connectivity index (χ0n) is 24.9. The van der Waals surface area contributed by atoms with E-state index in [4.69, 9.17) is 9.47 Å². The van der Waals surface area contributed by atoms with Crippen molar-refractivity contribution in [3.05, 3.63) is 74.8 Å². The van der Waals surface area contributed by atoms with Gasteiger partial charge in [-0.15, -0.1) is 10.2 Å². The smallest absolute Gasteiger partial charge is 0.355 e. The van der Waals surface area contributed by atoms with Gasteiger partial charge in [0, 0.05) is 43.5 Å². The molecular weight excluding hydrogens is 614 g/mol. The highest BCUT2D eigenvalue weighted by Gasteiger charge is 2.63.